The highest BCUT2D eigenvalue weighted by Gasteiger charge is 2.17. The van der Waals surface area contributed by atoms with Crippen molar-refractivity contribution in [3.63, 3.8) is 0 Å². The molecule has 0 radical (unpaired) electrons. The Labute approximate surface area is 83.1 Å². The summed E-state index contributed by atoms with van der Waals surface area (Å²) < 4.78 is 5.62. The summed E-state index contributed by atoms with van der Waals surface area (Å²) in [5, 5.41) is 3.35. The van der Waals surface area contributed by atoms with Gasteiger partial charge in [-0.1, -0.05) is 34.6 Å². The van der Waals surface area contributed by atoms with Crippen LogP contribution in [0.2, 0.25) is 0 Å². The molecular weight excluding hydrogens is 162 g/mol. The standard InChI is InChI=1S/C11H25NO/c1-6-12-8-11(4,5)9-13-7-10(2)3/h10,12H,6-9H2,1-5H3. The second-order valence-corrected chi connectivity index (χ2v) is 4.85. The molecule has 0 bridgehead atoms. The Kier molecular flexibility index (Phi) is 6.35. The second kappa shape index (κ2) is 6.39. The third kappa shape index (κ3) is 8.26. The second-order valence-electron chi connectivity index (χ2n) is 4.85. The van der Waals surface area contributed by atoms with Crippen LogP contribution in [-0.4, -0.2) is 26.3 Å². The minimum absolute atomic E-state index is 0.255. The molecule has 0 aromatic carbocycles. The molecule has 0 saturated carbocycles. The van der Waals surface area contributed by atoms with Crippen molar-refractivity contribution in [2.75, 3.05) is 26.3 Å². The lowest BCUT2D eigenvalue weighted by atomic mass is 9.95. The molecule has 0 amide bonds. The maximum atomic E-state index is 5.62. The van der Waals surface area contributed by atoms with Gasteiger partial charge < -0.3 is 10.1 Å². The van der Waals surface area contributed by atoms with Crippen molar-refractivity contribution in [1.29, 1.82) is 0 Å². The molecule has 80 valence electrons. The van der Waals surface area contributed by atoms with Crippen LogP contribution in [0.3, 0.4) is 0 Å². The molecule has 0 aromatic rings. The fourth-order valence-electron chi connectivity index (χ4n) is 1.09. The van der Waals surface area contributed by atoms with Gasteiger partial charge in [0.2, 0.25) is 0 Å². The van der Waals surface area contributed by atoms with Crippen LogP contribution >= 0.6 is 0 Å². The highest BCUT2D eigenvalue weighted by atomic mass is 16.5. The van der Waals surface area contributed by atoms with Crippen molar-refractivity contribution >= 4 is 0 Å². The summed E-state index contributed by atoms with van der Waals surface area (Å²) >= 11 is 0. The van der Waals surface area contributed by atoms with Crippen molar-refractivity contribution in [1.82, 2.24) is 5.32 Å². The first-order valence-electron chi connectivity index (χ1n) is 5.26. The van der Waals surface area contributed by atoms with Crippen LogP contribution in [0.4, 0.5) is 0 Å². The van der Waals surface area contributed by atoms with E-state index < -0.39 is 0 Å². The topological polar surface area (TPSA) is 21.3 Å². The van der Waals surface area contributed by atoms with E-state index in [0.29, 0.717) is 5.92 Å². The Bertz CT molecular complexity index is 121. The van der Waals surface area contributed by atoms with E-state index in [2.05, 4.69) is 39.9 Å². The zero-order chi connectivity index (χ0) is 10.3. The summed E-state index contributed by atoms with van der Waals surface area (Å²) in [6, 6.07) is 0. The average molecular weight is 187 g/mol. The molecule has 1 N–H and O–H groups in total. The van der Waals surface area contributed by atoms with E-state index in [0.717, 1.165) is 26.3 Å². The van der Waals surface area contributed by atoms with Gasteiger partial charge in [0.05, 0.1) is 6.61 Å². The van der Waals surface area contributed by atoms with E-state index in [-0.39, 0.29) is 5.41 Å². The van der Waals surface area contributed by atoms with Crippen molar-refractivity contribution < 1.29 is 4.74 Å². The lowest BCUT2D eigenvalue weighted by molar-refractivity contribution is 0.0469. The molecule has 0 aliphatic heterocycles. The van der Waals surface area contributed by atoms with E-state index in [1.807, 2.05) is 0 Å². The average Bonchev–Trinajstić information content (AvgIpc) is 2.00. The zero-order valence-electron chi connectivity index (χ0n) is 9.81. The minimum atomic E-state index is 0.255. The van der Waals surface area contributed by atoms with Crippen molar-refractivity contribution in [2.45, 2.75) is 34.6 Å². The molecule has 0 aliphatic rings. The number of rotatable bonds is 7. The van der Waals surface area contributed by atoms with E-state index in [1.54, 1.807) is 0 Å². The van der Waals surface area contributed by atoms with Gasteiger partial charge in [0.15, 0.2) is 0 Å². The van der Waals surface area contributed by atoms with Crippen molar-refractivity contribution in [3.8, 4) is 0 Å². The number of hydrogen-bond donors (Lipinski definition) is 1. The van der Waals surface area contributed by atoms with Crippen molar-refractivity contribution in [3.05, 3.63) is 0 Å². The van der Waals surface area contributed by atoms with Gasteiger partial charge in [0, 0.05) is 18.6 Å². The highest BCUT2D eigenvalue weighted by molar-refractivity contribution is 4.70. The van der Waals surface area contributed by atoms with Gasteiger partial charge in [0.1, 0.15) is 0 Å². The summed E-state index contributed by atoms with van der Waals surface area (Å²) in [6.07, 6.45) is 0. The van der Waals surface area contributed by atoms with E-state index >= 15 is 0 Å². The molecule has 0 atom stereocenters. The molecule has 2 heteroatoms. The van der Waals surface area contributed by atoms with Crippen LogP contribution < -0.4 is 5.32 Å². The SMILES string of the molecule is CCNCC(C)(C)COCC(C)C. The van der Waals surface area contributed by atoms with E-state index in [9.17, 15) is 0 Å². The van der Waals surface area contributed by atoms with Crippen molar-refractivity contribution in [2.24, 2.45) is 11.3 Å². The molecule has 13 heavy (non-hydrogen) atoms. The van der Waals surface area contributed by atoms with Gasteiger partial charge in [-0.15, -0.1) is 0 Å². The Morgan fingerprint density at radius 1 is 1.31 bits per heavy atom. The summed E-state index contributed by atoms with van der Waals surface area (Å²) in [6.45, 7) is 14.7. The molecule has 0 spiro atoms. The van der Waals surface area contributed by atoms with Crippen LogP contribution in [0.5, 0.6) is 0 Å². The van der Waals surface area contributed by atoms with Crippen LogP contribution in [-0.2, 0) is 4.74 Å². The number of nitrogens with one attached hydrogen (secondary N) is 1. The molecular formula is C11H25NO. The maximum Gasteiger partial charge on any atom is 0.0529 e. The Hall–Kier alpha value is -0.0800. The third-order valence-electron chi connectivity index (χ3n) is 1.80. The molecule has 2 nitrogen and oxygen atoms in total. The molecule has 0 heterocycles. The van der Waals surface area contributed by atoms with Gasteiger partial charge in [0.25, 0.3) is 0 Å². The first-order chi connectivity index (χ1) is 5.98. The molecule has 0 aromatic heterocycles. The minimum Gasteiger partial charge on any atom is -0.381 e. The Balaban J connectivity index is 3.50. The summed E-state index contributed by atoms with van der Waals surface area (Å²) in [7, 11) is 0. The number of ether oxygens (including phenoxy) is 1. The highest BCUT2D eigenvalue weighted by Crippen LogP contribution is 2.14. The van der Waals surface area contributed by atoms with E-state index in [4.69, 9.17) is 4.74 Å². The molecule has 0 fully saturated rings. The van der Waals surface area contributed by atoms with Crippen LogP contribution in [0.25, 0.3) is 0 Å². The van der Waals surface area contributed by atoms with Gasteiger partial charge in [-0.2, -0.15) is 0 Å². The van der Waals surface area contributed by atoms with Gasteiger partial charge in [-0.25, -0.2) is 0 Å². The van der Waals surface area contributed by atoms with Crippen LogP contribution in [0, 0.1) is 11.3 Å². The summed E-state index contributed by atoms with van der Waals surface area (Å²) in [5.74, 6) is 0.634. The predicted octanol–water partition coefficient (Wildman–Crippen LogP) is 2.29. The first-order valence-corrected chi connectivity index (χ1v) is 5.26. The Morgan fingerprint density at radius 3 is 2.38 bits per heavy atom. The van der Waals surface area contributed by atoms with Gasteiger partial charge in [-0.3, -0.25) is 0 Å². The van der Waals surface area contributed by atoms with E-state index in [1.165, 1.54) is 0 Å². The van der Waals surface area contributed by atoms with Gasteiger partial charge >= 0.3 is 0 Å². The quantitative estimate of drug-likeness (QED) is 0.660. The summed E-state index contributed by atoms with van der Waals surface area (Å²) in [5.41, 5.74) is 0.255. The lowest BCUT2D eigenvalue weighted by Gasteiger charge is -2.25. The fourth-order valence-corrected chi connectivity index (χ4v) is 1.09. The molecule has 0 rings (SSSR count). The summed E-state index contributed by atoms with van der Waals surface area (Å²) in [4.78, 5) is 0. The predicted molar refractivity (Wildman–Crippen MR) is 58.0 cm³/mol. The smallest absolute Gasteiger partial charge is 0.0529 e. The monoisotopic (exact) mass is 187 g/mol. The molecule has 0 aliphatic carbocycles. The molecule has 0 unspecified atom stereocenters. The maximum absolute atomic E-state index is 5.62. The number of hydrogen-bond acceptors (Lipinski definition) is 2. The van der Waals surface area contributed by atoms with Gasteiger partial charge in [-0.05, 0) is 12.5 Å². The first kappa shape index (κ1) is 12.9. The third-order valence-corrected chi connectivity index (χ3v) is 1.80. The zero-order valence-corrected chi connectivity index (χ0v) is 9.81. The van der Waals surface area contributed by atoms with Crippen LogP contribution in [0.1, 0.15) is 34.6 Å². The normalized spacial score (nSPS) is 12.5. The fraction of sp³-hybridized carbons (Fsp3) is 1.00. The Morgan fingerprint density at radius 2 is 1.92 bits per heavy atom. The largest absolute Gasteiger partial charge is 0.381 e. The lowest BCUT2D eigenvalue weighted by Crippen LogP contribution is -2.33. The van der Waals surface area contributed by atoms with Crippen LogP contribution in [0.15, 0.2) is 0 Å². The molecule has 0 saturated heterocycles.